The number of piperazine rings is 1. The van der Waals surface area contributed by atoms with Crippen molar-refractivity contribution in [2.45, 2.75) is 38.3 Å². The highest BCUT2D eigenvalue weighted by molar-refractivity contribution is 5.82. The van der Waals surface area contributed by atoms with Crippen molar-refractivity contribution in [1.82, 2.24) is 15.1 Å². The normalized spacial score (nSPS) is 26.6. The van der Waals surface area contributed by atoms with Crippen molar-refractivity contribution in [2.24, 2.45) is 0 Å². The Balaban J connectivity index is 1.95. The minimum Gasteiger partial charge on any atom is -0.389 e. The van der Waals surface area contributed by atoms with E-state index in [9.17, 15) is 9.90 Å². The molecule has 2 fully saturated rings. The molecule has 104 valence electrons. The molecule has 1 amide bonds. The smallest absolute Gasteiger partial charge is 0.240 e. The van der Waals surface area contributed by atoms with Crippen molar-refractivity contribution in [3.8, 4) is 0 Å². The number of hydrogen-bond acceptors (Lipinski definition) is 4. The Morgan fingerprint density at radius 1 is 1.33 bits per heavy atom. The summed E-state index contributed by atoms with van der Waals surface area (Å²) in [6.07, 6.45) is 1.98. The lowest BCUT2D eigenvalue weighted by atomic mass is 10.1. The van der Waals surface area contributed by atoms with Crippen LogP contribution in [-0.4, -0.2) is 71.7 Å². The average Bonchev–Trinajstić information content (AvgIpc) is 2.75. The molecule has 5 nitrogen and oxygen atoms in total. The number of amides is 1. The van der Waals surface area contributed by atoms with Gasteiger partial charge in [0.2, 0.25) is 5.91 Å². The van der Waals surface area contributed by atoms with Gasteiger partial charge in [-0.25, -0.2) is 0 Å². The molecule has 2 rings (SSSR count). The number of rotatable bonds is 3. The summed E-state index contributed by atoms with van der Waals surface area (Å²) >= 11 is 0. The van der Waals surface area contributed by atoms with E-state index in [0.29, 0.717) is 6.54 Å². The third-order valence-corrected chi connectivity index (χ3v) is 3.67. The highest BCUT2D eigenvalue weighted by Crippen LogP contribution is 2.21. The topological polar surface area (TPSA) is 55.8 Å². The molecule has 18 heavy (non-hydrogen) atoms. The van der Waals surface area contributed by atoms with Crippen LogP contribution in [0.5, 0.6) is 0 Å². The molecule has 0 saturated carbocycles. The fourth-order valence-electron chi connectivity index (χ4n) is 2.89. The Labute approximate surface area is 109 Å². The van der Waals surface area contributed by atoms with Gasteiger partial charge in [-0.05, 0) is 33.2 Å². The maximum Gasteiger partial charge on any atom is 0.240 e. The molecule has 1 atom stereocenters. The van der Waals surface area contributed by atoms with E-state index >= 15 is 0 Å². The van der Waals surface area contributed by atoms with Crippen LogP contribution in [0.3, 0.4) is 0 Å². The summed E-state index contributed by atoms with van der Waals surface area (Å²) in [7, 11) is 0. The van der Waals surface area contributed by atoms with Gasteiger partial charge in [-0.3, -0.25) is 9.69 Å². The number of nitrogens with one attached hydrogen (secondary N) is 1. The van der Waals surface area contributed by atoms with Crippen molar-refractivity contribution >= 4 is 5.91 Å². The third kappa shape index (κ3) is 3.43. The van der Waals surface area contributed by atoms with Gasteiger partial charge in [-0.2, -0.15) is 0 Å². The van der Waals surface area contributed by atoms with Gasteiger partial charge in [-0.1, -0.05) is 0 Å². The zero-order valence-electron chi connectivity index (χ0n) is 11.5. The summed E-state index contributed by atoms with van der Waals surface area (Å²) in [5.74, 6) is 0.248. The molecule has 2 saturated heterocycles. The summed E-state index contributed by atoms with van der Waals surface area (Å²) in [5.41, 5.74) is -0.730. The Morgan fingerprint density at radius 2 is 2.00 bits per heavy atom. The van der Waals surface area contributed by atoms with E-state index < -0.39 is 5.60 Å². The summed E-state index contributed by atoms with van der Waals surface area (Å²) in [6.45, 7) is 8.52. The predicted octanol–water partition coefficient (Wildman–Crippen LogP) is -0.346. The minimum atomic E-state index is -0.730. The number of nitrogens with zero attached hydrogens (tertiary/aromatic N) is 2. The van der Waals surface area contributed by atoms with Gasteiger partial charge in [0, 0.05) is 32.7 Å². The summed E-state index contributed by atoms with van der Waals surface area (Å²) < 4.78 is 0. The van der Waals surface area contributed by atoms with Crippen LogP contribution in [0.4, 0.5) is 0 Å². The Morgan fingerprint density at radius 3 is 2.61 bits per heavy atom. The van der Waals surface area contributed by atoms with Crippen molar-refractivity contribution in [3.63, 3.8) is 0 Å². The number of carbonyl (C=O) groups is 1. The first kappa shape index (κ1) is 13.8. The first-order chi connectivity index (χ1) is 8.47. The highest BCUT2D eigenvalue weighted by atomic mass is 16.3. The maximum atomic E-state index is 12.5. The minimum absolute atomic E-state index is 0.0190. The number of aliphatic hydroxyl groups is 1. The van der Waals surface area contributed by atoms with Crippen LogP contribution in [-0.2, 0) is 4.79 Å². The Hall–Kier alpha value is -0.650. The molecule has 2 aliphatic heterocycles. The molecule has 0 bridgehead atoms. The van der Waals surface area contributed by atoms with E-state index in [1.54, 1.807) is 13.8 Å². The zero-order valence-corrected chi connectivity index (χ0v) is 11.5. The molecule has 2 aliphatic rings. The quantitative estimate of drug-likeness (QED) is 0.724. The lowest BCUT2D eigenvalue weighted by Crippen LogP contribution is -2.54. The predicted molar refractivity (Wildman–Crippen MR) is 70.3 cm³/mol. The maximum absolute atomic E-state index is 12.5. The number of likely N-dealkylation sites (tertiary alicyclic amines) is 1. The van der Waals surface area contributed by atoms with Crippen molar-refractivity contribution in [2.75, 3.05) is 39.3 Å². The van der Waals surface area contributed by atoms with E-state index in [1.807, 2.05) is 4.90 Å². The van der Waals surface area contributed by atoms with Crippen LogP contribution in [0.25, 0.3) is 0 Å². The van der Waals surface area contributed by atoms with Gasteiger partial charge < -0.3 is 15.3 Å². The molecular formula is C13H25N3O2. The van der Waals surface area contributed by atoms with Gasteiger partial charge in [0.15, 0.2) is 0 Å². The molecule has 0 aromatic carbocycles. The van der Waals surface area contributed by atoms with Gasteiger partial charge in [-0.15, -0.1) is 0 Å². The third-order valence-electron chi connectivity index (χ3n) is 3.67. The van der Waals surface area contributed by atoms with E-state index in [1.165, 1.54) is 0 Å². The van der Waals surface area contributed by atoms with Crippen LogP contribution in [0.1, 0.15) is 26.7 Å². The fraction of sp³-hybridized carbons (Fsp3) is 0.923. The molecule has 0 aliphatic carbocycles. The van der Waals surface area contributed by atoms with Crippen LogP contribution in [0.15, 0.2) is 0 Å². The second kappa shape index (κ2) is 5.55. The molecule has 0 aromatic rings. The van der Waals surface area contributed by atoms with Gasteiger partial charge in [0.25, 0.3) is 0 Å². The standard InChI is InChI=1S/C13H25N3O2/c1-13(2,18)10-16-7-3-4-11(16)12(17)15-8-5-14-6-9-15/h11,14,18H,3-10H2,1-2H3. The Bertz CT molecular complexity index is 295. The van der Waals surface area contributed by atoms with E-state index in [-0.39, 0.29) is 11.9 Å². The molecule has 2 heterocycles. The molecule has 2 N–H and O–H groups in total. The van der Waals surface area contributed by atoms with Gasteiger partial charge >= 0.3 is 0 Å². The van der Waals surface area contributed by atoms with Crippen LogP contribution < -0.4 is 5.32 Å². The SMILES string of the molecule is CC(C)(O)CN1CCCC1C(=O)N1CCNCC1. The fourth-order valence-corrected chi connectivity index (χ4v) is 2.89. The van der Waals surface area contributed by atoms with Gasteiger partial charge in [0.1, 0.15) is 0 Å². The summed E-state index contributed by atoms with van der Waals surface area (Å²) in [5, 5.41) is 13.2. The second-order valence-corrected chi connectivity index (χ2v) is 6.02. The van der Waals surface area contributed by atoms with Crippen molar-refractivity contribution in [3.05, 3.63) is 0 Å². The van der Waals surface area contributed by atoms with E-state index in [2.05, 4.69) is 10.2 Å². The van der Waals surface area contributed by atoms with E-state index in [4.69, 9.17) is 0 Å². The zero-order chi connectivity index (χ0) is 13.2. The Kier molecular flexibility index (Phi) is 4.25. The number of carbonyl (C=O) groups excluding carboxylic acids is 1. The molecule has 0 spiro atoms. The number of β-amino-alcohol motifs (C(OH)–C–C–N with tert-alkyl or cyclic N) is 1. The number of hydrogen-bond donors (Lipinski definition) is 2. The molecule has 0 aromatic heterocycles. The van der Waals surface area contributed by atoms with Crippen molar-refractivity contribution < 1.29 is 9.90 Å². The second-order valence-electron chi connectivity index (χ2n) is 6.02. The first-order valence-corrected chi connectivity index (χ1v) is 6.93. The van der Waals surface area contributed by atoms with Crippen LogP contribution in [0, 0.1) is 0 Å². The lowest BCUT2D eigenvalue weighted by molar-refractivity contribution is -0.137. The van der Waals surface area contributed by atoms with Gasteiger partial charge in [0.05, 0.1) is 11.6 Å². The van der Waals surface area contributed by atoms with Crippen LogP contribution in [0.2, 0.25) is 0 Å². The average molecular weight is 255 g/mol. The van der Waals surface area contributed by atoms with Crippen molar-refractivity contribution in [1.29, 1.82) is 0 Å². The largest absolute Gasteiger partial charge is 0.389 e. The first-order valence-electron chi connectivity index (χ1n) is 6.93. The summed E-state index contributed by atoms with van der Waals surface area (Å²) in [6, 6.07) is -0.0190. The molecule has 0 radical (unpaired) electrons. The molecule has 1 unspecified atom stereocenters. The molecule has 5 heteroatoms. The monoisotopic (exact) mass is 255 g/mol. The molecular weight excluding hydrogens is 230 g/mol. The van der Waals surface area contributed by atoms with Crippen LogP contribution >= 0.6 is 0 Å². The highest BCUT2D eigenvalue weighted by Gasteiger charge is 2.36. The van der Waals surface area contributed by atoms with E-state index in [0.717, 1.165) is 45.6 Å². The summed E-state index contributed by atoms with van der Waals surface area (Å²) in [4.78, 5) is 16.6. The lowest BCUT2D eigenvalue weighted by Gasteiger charge is -2.34.